The Labute approximate surface area is 131 Å². The van der Waals surface area contributed by atoms with Crippen LogP contribution in [0.4, 0.5) is 0 Å². The number of amides is 1. The molecule has 0 radical (unpaired) electrons. The molecule has 1 aliphatic heterocycles. The number of carbonyl (C=O) groups is 1. The van der Waals surface area contributed by atoms with Crippen LogP contribution in [0, 0.1) is 11.8 Å². The van der Waals surface area contributed by atoms with Crippen molar-refractivity contribution >= 4 is 5.91 Å². The zero-order valence-corrected chi connectivity index (χ0v) is 13.4. The summed E-state index contributed by atoms with van der Waals surface area (Å²) in [6.07, 6.45) is 4.95. The van der Waals surface area contributed by atoms with Crippen molar-refractivity contribution in [3.63, 3.8) is 0 Å². The van der Waals surface area contributed by atoms with Crippen molar-refractivity contribution in [2.45, 2.75) is 57.5 Å². The molecule has 2 atom stereocenters. The van der Waals surface area contributed by atoms with E-state index in [2.05, 4.69) is 29.2 Å². The fourth-order valence-corrected chi connectivity index (χ4v) is 3.64. The normalized spacial score (nSPS) is 29.2. The topological polar surface area (TPSA) is 58.4 Å². The maximum Gasteiger partial charge on any atom is 0.273 e. The number of aromatic nitrogens is 1. The summed E-state index contributed by atoms with van der Waals surface area (Å²) in [5.41, 5.74) is 0.444. The summed E-state index contributed by atoms with van der Waals surface area (Å²) in [7, 11) is 0. The van der Waals surface area contributed by atoms with E-state index < -0.39 is 0 Å². The molecule has 1 N–H and O–H groups in total. The molecule has 5 heteroatoms. The van der Waals surface area contributed by atoms with Gasteiger partial charge in [-0.1, -0.05) is 5.16 Å². The molecular formula is C17H25N3O2. The molecule has 2 heterocycles. The third-order valence-electron chi connectivity index (χ3n) is 5.41. The fourth-order valence-electron chi connectivity index (χ4n) is 3.64. The smallest absolute Gasteiger partial charge is 0.273 e. The second-order valence-electron chi connectivity index (χ2n) is 7.52. The molecule has 4 rings (SSSR count). The Kier molecular flexibility index (Phi) is 3.48. The van der Waals surface area contributed by atoms with Crippen LogP contribution in [0.5, 0.6) is 0 Å². The molecule has 22 heavy (non-hydrogen) atoms. The minimum Gasteiger partial charge on any atom is -0.360 e. The number of likely N-dealkylation sites (tertiary alicyclic amines) is 1. The number of nitrogens with zero attached hydrogens (tertiary/aromatic N) is 2. The van der Waals surface area contributed by atoms with Crippen LogP contribution in [0.2, 0.25) is 0 Å². The monoisotopic (exact) mass is 303 g/mol. The Hall–Kier alpha value is -1.36. The van der Waals surface area contributed by atoms with Crippen LogP contribution < -0.4 is 5.32 Å². The largest absolute Gasteiger partial charge is 0.360 e. The highest BCUT2D eigenvalue weighted by atomic mass is 16.5. The zero-order valence-electron chi connectivity index (χ0n) is 13.4. The van der Waals surface area contributed by atoms with Crippen molar-refractivity contribution in [2.24, 2.45) is 11.8 Å². The number of hydrogen-bond acceptors (Lipinski definition) is 4. The lowest BCUT2D eigenvalue weighted by Gasteiger charge is -2.20. The van der Waals surface area contributed by atoms with Gasteiger partial charge in [0.2, 0.25) is 0 Å². The third-order valence-corrected chi connectivity index (χ3v) is 5.41. The van der Waals surface area contributed by atoms with Gasteiger partial charge in [-0.15, -0.1) is 0 Å². The molecule has 1 saturated heterocycles. The van der Waals surface area contributed by atoms with Crippen LogP contribution in [0.15, 0.2) is 10.6 Å². The zero-order chi connectivity index (χ0) is 15.3. The minimum absolute atomic E-state index is 0.0723. The number of nitrogens with one attached hydrogen (secondary N) is 1. The Morgan fingerprint density at radius 1 is 1.32 bits per heavy atom. The summed E-state index contributed by atoms with van der Waals surface area (Å²) >= 11 is 0. The van der Waals surface area contributed by atoms with Gasteiger partial charge in [-0.3, -0.25) is 9.69 Å². The number of hydrogen-bond donors (Lipinski definition) is 1. The molecule has 5 nitrogen and oxygen atoms in total. The summed E-state index contributed by atoms with van der Waals surface area (Å²) in [4.78, 5) is 14.9. The molecule has 1 amide bonds. The van der Waals surface area contributed by atoms with Crippen LogP contribution >= 0.6 is 0 Å². The van der Waals surface area contributed by atoms with E-state index in [0.29, 0.717) is 23.6 Å². The van der Waals surface area contributed by atoms with E-state index in [1.165, 1.54) is 12.8 Å². The van der Waals surface area contributed by atoms with E-state index in [9.17, 15) is 4.79 Å². The molecule has 3 fully saturated rings. The summed E-state index contributed by atoms with van der Waals surface area (Å²) in [5.74, 6) is 2.70. The first kappa shape index (κ1) is 14.2. The minimum atomic E-state index is -0.0723. The van der Waals surface area contributed by atoms with Gasteiger partial charge in [-0.05, 0) is 51.4 Å². The Morgan fingerprint density at radius 3 is 2.73 bits per heavy atom. The van der Waals surface area contributed by atoms with Gasteiger partial charge in [0.1, 0.15) is 5.76 Å². The SMILES string of the molecule is CC(C)N1C[C@@H](NC(=O)c2cc(C3CC3)on2)[C@H](C2CC2)C1. The molecule has 0 unspecified atom stereocenters. The van der Waals surface area contributed by atoms with Crippen molar-refractivity contribution in [1.82, 2.24) is 15.4 Å². The Morgan fingerprint density at radius 2 is 2.09 bits per heavy atom. The van der Waals surface area contributed by atoms with Gasteiger partial charge in [0.15, 0.2) is 5.69 Å². The predicted molar refractivity (Wildman–Crippen MR) is 82.7 cm³/mol. The van der Waals surface area contributed by atoms with Crippen molar-refractivity contribution in [2.75, 3.05) is 13.1 Å². The molecule has 3 aliphatic rings. The van der Waals surface area contributed by atoms with Crippen molar-refractivity contribution < 1.29 is 9.32 Å². The van der Waals surface area contributed by atoms with E-state index in [1.807, 2.05) is 6.07 Å². The third kappa shape index (κ3) is 2.78. The van der Waals surface area contributed by atoms with Gasteiger partial charge in [0.25, 0.3) is 5.91 Å². The lowest BCUT2D eigenvalue weighted by molar-refractivity contribution is 0.0918. The molecule has 0 aromatic carbocycles. The molecule has 1 aromatic rings. The average molecular weight is 303 g/mol. The van der Waals surface area contributed by atoms with E-state index >= 15 is 0 Å². The van der Waals surface area contributed by atoms with Gasteiger partial charge < -0.3 is 9.84 Å². The summed E-state index contributed by atoms with van der Waals surface area (Å²) in [6.45, 7) is 6.53. The molecular weight excluding hydrogens is 278 g/mol. The second kappa shape index (κ2) is 5.37. The van der Waals surface area contributed by atoms with Crippen LogP contribution in [0.1, 0.15) is 61.7 Å². The number of rotatable bonds is 5. The molecule has 2 aliphatic carbocycles. The lowest BCUT2D eigenvalue weighted by atomic mass is 9.98. The quantitative estimate of drug-likeness (QED) is 0.907. The van der Waals surface area contributed by atoms with Crippen molar-refractivity contribution in [3.8, 4) is 0 Å². The first-order valence-corrected chi connectivity index (χ1v) is 8.63. The highest BCUT2D eigenvalue weighted by Crippen LogP contribution is 2.42. The van der Waals surface area contributed by atoms with Gasteiger partial charge in [0.05, 0.1) is 0 Å². The van der Waals surface area contributed by atoms with Crippen molar-refractivity contribution in [3.05, 3.63) is 17.5 Å². The van der Waals surface area contributed by atoms with E-state index in [0.717, 1.165) is 37.6 Å². The maximum atomic E-state index is 12.5. The van der Waals surface area contributed by atoms with Crippen LogP contribution in [0.25, 0.3) is 0 Å². The van der Waals surface area contributed by atoms with Crippen molar-refractivity contribution in [1.29, 1.82) is 0 Å². The van der Waals surface area contributed by atoms with E-state index in [4.69, 9.17) is 4.52 Å². The number of carbonyl (C=O) groups excluding carboxylic acids is 1. The van der Waals surface area contributed by atoms with Gasteiger partial charge in [-0.2, -0.15) is 0 Å². The second-order valence-corrected chi connectivity index (χ2v) is 7.52. The van der Waals surface area contributed by atoms with Gasteiger partial charge in [-0.25, -0.2) is 0 Å². The predicted octanol–water partition coefficient (Wildman–Crippen LogP) is 2.40. The molecule has 1 aromatic heterocycles. The molecule has 120 valence electrons. The summed E-state index contributed by atoms with van der Waals surface area (Å²) in [6, 6.07) is 2.62. The van der Waals surface area contributed by atoms with E-state index in [-0.39, 0.29) is 11.9 Å². The van der Waals surface area contributed by atoms with Crippen LogP contribution in [-0.2, 0) is 0 Å². The molecule has 0 spiro atoms. The standard InChI is InChI=1S/C17H25N3O2/c1-10(2)20-8-13(11-3-4-11)15(9-20)18-17(21)14-7-16(22-19-14)12-5-6-12/h7,10-13,15H,3-6,8-9H2,1-2H3,(H,18,21)/t13-,15+/m0/s1. The maximum absolute atomic E-state index is 12.5. The highest BCUT2D eigenvalue weighted by Gasteiger charge is 2.43. The first-order valence-electron chi connectivity index (χ1n) is 8.63. The van der Waals surface area contributed by atoms with Crippen LogP contribution in [0.3, 0.4) is 0 Å². The lowest BCUT2D eigenvalue weighted by Crippen LogP contribution is -2.41. The van der Waals surface area contributed by atoms with E-state index in [1.54, 1.807) is 0 Å². The average Bonchev–Trinajstić information content (AvgIpc) is 3.42. The fraction of sp³-hybridized carbons (Fsp3) is 0.765. The molecule has 0 bridgehead atoms. The molecule has 2 saturated carbocycles. The van der Waals surface area contributed by atoms with Crippen LogP contribution in [-0.4, -0.2) is 41.1 Å². The Bertz CT molecular complexity index is 560. The summed E-state index contributed by atoms with van der Waals surface area (Å²) < 4.78 is 5.30. The first-order chi connectivity index (χ1) is 10.6. The van der Waals surface area contributed by atoms with Gasteiger partial charge >= 0.3 is 0 Å². The summed E-state index contributed by atoms with van der Waals surface area (Å²) in [5, 5.41) is 7.18. The Balaban J connectivity index is 1.42. The highest BCUT2D eigenvalue weighted by molar-refractivity contribution is 5.92. The van der Waals surface area contributed by atoms with Gasteiger partial charge in [0, 0.05) is 37.2 Å².